The number of halogens is 7. The molecule has 0 spiro atoms. The fourth-order valence-electron chi connectivity index (χ4n) is 4.29. The van der Waals surface area contributed by atoms with Gasteiger partial charge in [0.15, 0.2) is 6.29 Å². The molecule has 9 nitrogen and oxygen atoms in total. The molecule has 1 saturated heterocycles. The van der Waals surface area contributed by atoms with Gasteiger partial charge < -0.3 is 19.0 Å². The number of phosphoric acid groups is 1. The Morgan fingerprint density at radius 3 is 2.27 bits per heavy atom. The summed E-state index contributed by atoms with van der Waals surface area (Å²) in [5.74, 6) is -0.557. The topological polar surface area (TPSA) is 117 Å². The van der Waals surface area contributed by atoms with Crippen LogP contribution in [0.25, 0.3) is 0 Å². The Morgan fingerprint density at radius 2 is 1.71 bits per heavy atom. The second-order valence-electron chi connectivity index (χ2n) is 9.10. The lowest BCUT2D eigenvalue weighted by molar-refractivity contribution is -0.231. The molecule has 0 amide bonds. The third-order valence-electron chi connectivity index (χ3n) is 6.12. The summed E-state index contributed by atoms with van der Waals surface area (Å²) in [5.41, 5.74) is -2.67. The summed E-state index contributed by atoms with van der Waals surface area (Å²) >= 11 is 0. The van der Waals surface area contributed by atoms with Gasteiger partial charge in [-0.25, -0.2) is 8.96 Å². The molecule has 0 radical (unpaired) electrons. The van der Waals surface area contributed by atoms with Crippen LogP contribution in [0.5, 0.6) is 6.01 Å². The van der Waals surface area contributed by atoms with E-state index in [0.717, 1.165) is 12.1 Å². The number of hydrogen-bond acceptors (Lipinski definition) is 6. The fourth-order valence-corrected chi connectivity index (χ4v) is 4.61. The van der Waals surface area contributed by atoms with E-state index in [2.05, 4.69) is 14.5 Å². The van der Waals surface area contributed by atoms with Gasteiger partial charge >= 0.3 is 26.2 Å². The van der Waals surface area contributed by atoms with Gasteiger partial charge in [-0.15, -0.1) is 0 Å². The maximum Gasteiger partial charge on any atom is 0.527 e. The normalized spacial score (nSPS) is 19.8. The van der Waals surface area contributed by atoms with Crippen LogP contribution in [-0.4, -0.2) is 44.1 Å². The molecule has 2 heterocycles. The highest BCUT2D eigenvalue weighted by Gasteiger charge is 2.39. The van der Waals surface area contributed by atoms with Crippen molar-refractivity contribution in [2.24, 2.45) is 0 Å². The van der Waals surface area contributed by atoms with Crippen molar-refractivity contribution in [2.45, 2.75) is 44.3 Å². The Kier molecular flexibility index (Phi) is 8.83. The lowest BCUT2D eigenvalue weighted by atomic mass is 10.0. The summed E-state index contributed by atoms with van der Waals surface area (Å²) in [7, 11) is -4.89. The molecule has 224 valence electrons. The summed E-state index contributed by atoms with van der Waals surface area (Å²) in [5, 5.41) is 0. The molecular formula is C24H23F7N3O6P. The average Bonchev–Trinajstić information content (AvgIpc) is 3.28. The number of nitrogens with one attached hydrogen (secondary N) is 1. The van der Waals surface area contributed by atoms with Crippen LogP contribution in [0, 0.1) is 5.82 Å². The lowest BCUT2D eigenvalue weighted by Crippen LogP contribution is -2.46. The number of imidazole rings is 1. The Hall–Kier alpha value is -3.01. The van der Waals surface area contributed by atoms with Gasteiger partial charge in [-0.2, -0.15) is 31.3 Å². The molecule has 41 heavy (non-hydrogen) atoms. The molecule has 1 aliphatic rings. The minimum atomic E-state index is -5.05. The molecule has 4 rings (SSSR count). The van der Waals surface area contributed by atoms with Gasteiger partial charge in [0.1, 0.15) is 5.82 Å². The predicted molar refractivity (Wildman–Crippen MR) is 126 cm³/mol. The third kappa shape index (κ3) is 8.05. The zero-order valence-corrected chi connectivity index (χ0v) is 21.9. The van der Waals surface area contributed by atoms with Gasteiger partial charge in [-0.3, -0.25) is 14.7 Å². The molecule has 0 aliphatic carbocycles. The largest absolute Gasteiger partial charge is 0.527 e. The van der Waals surface area contributed by atoms with Crippen LogP contribution in [0.4, 0.5) is 30.7 Å². The van der Waals surface area contributed by atoms with Crippen molar-refractivity contribution < 1.29 is 59.1 Å². The van der Waals surface area contributed by atoms with E-state index >= 15 is 0 Å². The number of H-pyrrole nitrogens is 1. The SMILES string of the molecule is C[C@@H](O[C@H]1OCCN(Cc2c[nH]c(OP(=O)(O)O)n2)[C@H]1c1ccc(F)cc1)c1cc(C(F)(F)F)cc(C(F)(F)F)c1. The number of benzene rings is 2. The van der Waals surface area contributed by atoms with Gasteiger partial charge in [0, 0.05) is 19.3 Å². The van der Waals surface area contributed by atoms with E-state index in [0.29, 0.717) is 17.7 Å². The molecule has 3 aromatic rings. The van der Waals surface area contributed by atoms with Crippen molar-refractivity contribution in [3.8, 4) is 6.01 Å². The summed E-state index contributed by atoms with van der Waals surface area (Å²) in [6.07, 6.45) is -11.3. The first-order valence-corrected chi connectivity index (χ1v) is 13.4. The molecule has 2 aromatic carbocycles. The number of alkyl halides is 6. The summed E-state index contributed by atoms with van der Waals surface area (Å²) in [6.45, 7) is 1.56. The van der Waals surface area contributed by atoms with E-state index < -0.39 is 67.1 Å². The lowest BCUT2D eigenvalue weighted by Gasteiger charge is -2.41. The van der Waals surface area contributed by atoms with Crippen molar-refractivity contribution in [1.82, 2.24) is 14.9 Å². The molecular weight excluding hydrogens is 590 g/mol. The minimum Gasteiger partial charge on any atom is -0.370 e. The number of aromatic amines is 1. The Bertz CT molecular complexity index is 1360. The van der Waals surface area contributed by atoms with Crippen LogP contribution in [0.15, 0.2) is 48.7 Å². The van der Waals surface area contributed by atoms with Crippen LogP contribution in [-0.2, 0) is 32.9 Å². The van der Waals surface area contributed by atoms with Crippen LogP contribution < -0.4 is 4.52 Å². The van der Waals surface area contributed by atoms with Crippen molar-refractivity contribution in [3.05, 3.63) is 82.4 Å². The second-order valence-corrected chi connectivity index (χ2v) is 10.3. The van der Waals surface area contributed by atoms with Gasteiger partial charge in [-0.05, 0) is 48.4 Å². The van der Waals surface area contributed by atoms with Gasteiger partial charge in [-0.1, -0.05) is 12.1 Å². The fraction of sp³-hybridized carbons (Fsp3) is 0.375. The molecule has 3 N–H and O–H groups in total. The first-order chi connectivity index (χ1) is 19.0. The highest BCUT2D eigenvalue weighted by atomic mass is 31.2. The quantitative estimate of drug-likeness (QED) is 0.218. The van der Waals surface area contributed by atoms with Crippen LogP contribution in [0.3, 0.4) is 0 Å². The van der Waals surface area contributed by atoms with E-state index in [1.165, 1.54) is 25.3 Å². The number of aromatic nitrogens is 2. The maximum atomic E-state index is 13.7. The first-order valence-electron chi connectivity index (χ1n) is 11.8. The Labute approximate surface area is 228 Å². The molecule has 0 bridgehead atoms. The first kappa shape index (κ1) is 30.9. The van der Waals surface area contributed by atoms with Crippen molar-refractivity contribution >= 4 is 7.82 Å². The monoisotopic (exact) mass is 613 g/mol. The molecule has 17 heteroatoms. The van der Waals surface area contributed by atoms with E-state index in [4.69, 9.17) is 19.3 Å². The molecule has 3 atom stereocenters. The van der Waals surface area contributed by atoms with Crippen LogP contribution >= 0.6 is 7.82 Å². The summed E-state index contributed by atoms with van der Waals surface area (Å²) in [4.78, 5) is 26.1. The number of rotatable bonds is 8. The van der Waals surface area contributed by atoms with Crippen LogP contribution in [0.2, 0.25) is 0 Å². The standard InChI is InChI=1S/C24H23F7N3O6P/c1-13(15-8-16(23(26,27)28)10-17(9-15)24(29,30)31)39-21-20(14-2-4-18(25)5-3-14)34(6-7-38-21)12-19-11-32-22(33-19)40-41(35,36)37/h2-5,8-11,13,20-21H,6-7,12H2,1H3,(H,32,33)(H2,35,36,37)/t13-,20+,21-/m1/s1. The average molecular weight is 613 g/mol. The number of hydrogen-bond donors (Lipinski definition) is 3. The molecule has 0 unspecified atom stereocenters. The van der Waals surface area contributed by atoms with Gasteiger partial charge in [0.05, 0.1) is 35.6 Å². The molecule has 1 aromatic heterocycles. The van der Waals surface area contributed by atoms with E-state index in [1.54, 1.807) is 4.90 Å². The highest BCUT2D eigenvalue weighted by molar-refractivity contribution is 7.46. The Balaban J connectivity index is 1.64. The number of phosphoric ester groups is 1. The zero-order valence-electron chi connectivity index (χ0n) is 21.0. The van der Waals surface area contributed by atoms with E-state index in [9.17, 15) is 35.3 Å². The van der Waals surface area contributed by atoms with E-state index in [-0.39, 0.29) is 31.5 Å². The molecule has 1 aliphatic heterocycles. The summed E-state index contributed by atoms with van der Waals surface area (Å²) in [6, 6.07) is 5.01. The Morgan fingerprint density at radius 1 is 1.10 bits per heavy atom. The highest BCUT2D eigenvalue weighted by Crippen LogP contribution is 2.40. The second kappa shape index (κ2) is 11.7. The van der Waals surface area contributed by atoms with Crippen molar-refractivity contribution in [3.63, 3.8) is 0 Å². The number of nitrogens with zero attached hydrogens (tertiary/aromatic N) is 2. The van der Waals surface area contributed by atoms with Gasteiger partial charge in [0.2, 0.25) is 0 Å². The van der Waals surface area contributed by atoms with Gasteiger partial charge in [0.25, 0.3) is 0 Å². The van der Waals surface area contributed by atoms with Crippen LogP contribution in [0.1, 0.15) is 47.0 Å². The zero-order chi connectivity index (χ0) is 30.2. The number of morpholine rings is 1. The van der Waals surface area contributed by atoms with Crippen molar-refractivity contribution in [1.29, 1.82) is 0 Å². The third-order valence-corrected chi connectivity index (χ3v) is 6.53. The van der Waals surface area contributed by atoms with E-state index in [1.807, 2.05) is 0 Å². The minimum absolute atomic E-state index is 0.0163. The van der Waals surface area contributed by atoms with Crippen molar-refractivity contribution in [2.75, 3.05) is 13.2 Å². The predicted octanol–water partition coefficient (Wildman–Crippen LogP) is 5.74. The molecule has 0 saturated carbocycles. The maximum absolute atomic E-state index is 13.7. The smallest absolute Gasteiger partial charge is 0.370 e. The summed E-state index contributed by atoms with van der Waals surface area (Å²) < 4.78 is 121. The molecule has 1 fully saturated rings. The number of ether oxygens (including phenoxy) is 2.